The minimum atomic E-state index is -0.479. The summed E-state index contributed by atoms with van der Waals surface area (Å²) in [6.07, 6.45) is 0.400. The molecular weight excluding hydrogens is 182 g/mol. The molecule has 0 aliphatic rings. The molecular formula is C10H19NO3. The van der Waals surface area contributed by atoms with E-state index in [0.29, 0.717) is 6.42 Å². The van der Waals surface area contributed by atoms with Gasteiger partial charge in [-0.15, -0.1) is 0 Å². The van der Waals surface area contributed by atoms with Gasteiger partial charge in [0.25, 0.3) is 0 Å². The van der Waals surface area contributed by atoms with Crippen molar-refractivity contribution in [1.82, 2.24) is 4.90 Å². The third kappa shape index (κ3) is 3.01. The van der Waals surface area contributed by atoms with E-state index >= 15 is 0 Å². The van der Waals surface area contributed by atoms with Crippen LogP contribution >= 0.6 is 0 Å². The van der Waals surface area contributed by atoms with Gasteiger partial charge in [0.2, 0.25) is 5.91 Å². The van der Waals surface area contributed by atoms with E-state index in [0.717, 1.165) is 0 Å². The lowest BCUT2D eigenvalue weighted by Gasteiger charge is -2.28. The van der Waals surface area contributed by atoms with E-state index in [1.165, 1.54) is 12.0 Å². The Morgan fingerprint density at radius 2 is 1.86 bits per heavy atom. The summed E-state index contributed by atoms with van der Waals surface area (Å²) in [7, 11) is 2.97. The third-order valence-electron chi connectivity index (χ3n) is 2.19. The molecule has 0 radical (unpaired) electrons. The van der Waals surface area contributed by atoms with Gasteiger partial charge in [-0.2, -0.15) is 0 Å². The molecule has 0 rings (SSSR count). The van der Waals surface area contributed by atoms with Crippen LogP contribution in [0.5, 0.6) is 0 Å². The molecule has 0 bridgehead atoms. The number of carbonyl (C=O) groups is 2. The maximum Gasteiger partial charge on any atom is 0.328 e. The average Bonchev–Trinajstić information content (AvgIpc) is 2.15. The minimum absolute atomic E-state index is 0.0471. The molecule has 0 spiro atoms. The predicted molar refractivity (Wildman–Crippen MR) is 53.7 cm³/mol. The Balaban J connectivity index is 4.65. The highest BCUT2D eigenvalue weighted by atomic mass is 16.5. The number of amides is 1. The Kier molecular flexibility index (Phi) is 5.20. The average molecular weight is 201 g/mol. The molecule has 0 aromatic heterocycles. The van der Waals surface area contributed by atoms with Gasteiger partial charge in [-0.3, -0.25) is 4.79 Å². The van der Waals surface area contributed by atoms with Crippen LogP contribution in [0.25, 0.3) is 0 Å². The van der Waals surface area contributed by atoms with Crippen molar-refractivity contribution in [2.75, 3.05) is 14.2 Å². The molecule has 0 aliphatic heterocycles. The zero-order chi connectivity index (χ0) is 11.3. The summed E-state index contributed by atoms with van der Waals surface area (Å²) in [5.74, 6) is -0.346. The van der Waals surface area contributed by atoms with Gasteiger partial charge in [-0.05, 0) is 5.92 Å². The molecule has 1 atom stereocenters. The van der Waals surface area contributed by atoms with Crippen LogP contribution in [0.3, 0.4) is 0 Å². The van der Waals surface area contributed by atoms with E-state index in [2.05, 4.69) is 4.74 Å². The third-order valence-corrected chi connectivity index (χ3v) is 2.19. The molecule has 0 aromatic rings. The first-order valence-corrected chi connectivity index (χ1v) is 4.79. The quantitative estimate of drug-likeness (QED) is 0.639. The highest BCUT2D eigenvalue weighted by molar-refractivity contribution is 5.84. The molecule has 14 heavy (non-hydrogen) atoms. The molecule has 4 nitrogen and oxygen atoms in total. The predicted octanol–water partition coefficient (Wildman–Crippen LogP) is 1.05. The standard InChI is InChI=1S/C10H19NO3/c1-6-8(12)11(4)9(7(2)3)10(13)14-5/h7,9H,6H2,1-5H3/t9-/m1/s1. The van der Waals surface area contributed by atoms with Crippen LogP contribution in [-0.4, -0.2) is 37.0 Å². The van der Waals surface area contributed by atoms with Gasteiger partial charge in [0.1, 0.15) is 6.04 Å². The van der Waals surface area contributed by atoms with Crippen molar-refractivity contribution in [2.24, 2.45) is 5.92 Å². The molecule has 1 amide bonds. The number of ether oxygens (including phenoxy) is 1. The highest BCUT2D eigenvalue weighted by Crippen LogP contribution is 2.11. The van der Waals surface area contributed by atoms with E-state index in [4.69, 9.17) is 0 Å². The summed E-state index contributed by atoms with van der Waals surface area (Å²) in [6.45, 7) is 5.55. The molecule has 82 valence electrons. The van der Waals surface area contributed by atoms with Crippen LogP contribution in [-0.2, 0) is 14.3 Å². The number of rotatable bonds is 4. The summed E-state index contributed by atoms with van der Waals surface area (Å²) in [6, 6.07) is -0.479. The smallest absolute Gasteiger partial charge is 0.328 e. The maximum absolute atomic E-state index is 11.4. The molecule has 0 heterocycles. The van der Waals surface area contributed by atoms with E-state index < -0.39 is 6.04 Å². The van der Waals surface area contributed by atoms with Gasteiger partial charge in [-0.25, -0.2) is 4.79 Å². The Morgan fingerprint density at radius 3 is 2.14 bits per heavy atom. The first-order chi connectivity index (χ1) is 6.45. The highest BCUT2D eigenvalue weighted by Gasteiger charge is 2.29. The second-order valence-electron chi connectivity index (χ2n) is 3.57. The maximum atomic E-state index is 11.4. The molecule has 0 saturated heterocycles. The SMILES string of the molecule is CCC(=O)N(C)[C@@H](C(=O)OC)C(C)C. The molecule has 0 N–H and O–H groups in total. The fourth-order valence-electron chi connectivity index (χ4n) is 1.40. The van der Waals surface area contributed by atoms with Crippen LogP contribution in [0, 0.1) is 5.92 Å². The van der Waals surface area contributed by atoms with Gasteiger partial charge < -0.3 is 9.64 Å². The van der Waals surface area contributed by atoms with Crippen molar-refractivity contribution < 1.29 is 14.3 Å². The minimum Gasteiger partial charge on any atom is -0.467 e. The van der Waals surface area contributed by atoms with Crippen molar-refractivity contribution in [3.8, 4) is 0 Å². The lowest BCUT2D eigenvalue weighted by atomic mass is 10.0. The van der Waals surface area contributed by atoms with Gasteiger partial charge in [0.05, 0.1) is 7.11 Å². The molecule has 0 aromatic carbocycles. The second kappa shape index (κ2) is 5.62. The van der Waals surface area contributed by atoms with Crippen molar-refractivity contribution in [3.63, 3.8) is 0 Å². The topological polar surface area (TPSA) is 46.6 Å². The summed E-state index contributed by atoms with van der Waals surface area (Å²) in [4.78, 5) is 24.3. The Labute approximate surface area is 85.2 Å². The Bertz CT molecular complexity index is 213. The number of methoxy groups -OCH3 is 1. The number of esters is 1. The molecule has 0 saturated carbocycles. The number of hydrogen-bond acceptors (Lipinski definition) is 3. The van der Waals surface area contributed by atoms with Crippen LogP contribution in [0.2, 0.25) is 0 Å². The summed E-state index contributed by atoms with van der Waals surface area (Å²) in [5.41, 5.74) is 0. The van der Waals surface area contributed by atoms with Crippen LogP contribution in [0.1, 0.15) is 27.2 Å². The van der Waals surface area contributed by atoms with Gasteiger partial charge in [0.15, 0.2) is 0 Å². The Morgan fingerprint density at radius 1 is 1.36 bits per heavy atom. The zero-order valence-corrected chi connectivity index (χ0v) is 9.53. The van der Waals surface area contributed by atoms with Crippen molar-refractivity contribution in [3.05, 3.63) is 0 Å². The van der Waals surface area contributed by atoms with E-state index in [1.807, 2.05) is 13.8 Å². The molecule has 0 fully saturated rings. The lowest BCUT2D eigenvalue weighted by Crippen LogP contribution is -2.46. The van der Waals surface area contributed by atoms with Crippen LogP contribution < -0.4 is 0 Å². The van der Waals surface area contributed by atoms with E-state index in [-0.39, 0.29) is 17.8 Å². The number of likely N-dealkylation sites (N-methyl/N-ethyl adjacent to an activating group) is 1. The largest absolute Gasteiger partial charge is 0.467 e. The fourth-order valence-corrected chi connectivity index (χ4v) is 1.40. The summed E-state index contributed by atoms with van der Waals surface area (Å²) in [5, 5.41) is 0. The normalized spacial score (nSPS) is 12.4. The molecule has 0 aliphatic carbocycles. The lowest BCUT2D eigenvalue weighted by molar-refractivity contribution is -0.153. The monoisotopic (exact) mass is 201 g/mol. The Hall–Kier alpha value is -1.06. The first kappa shape index (κ1) is 12.9. The van der Waals surface area contributed by atoms with Gasteiger partial charge in [0, 0.05) is 13.5 Å². The summed E-state index contributed by atoms with van der Waals surface area (Å²) < 4.78 is 4.66. The van der Waals surface area contributed by atoms with Crippen LogP contribution in [0.4, 0.5) is 0 Å². The van der Waals surface area contributed by atoms with E-state index in [1.54, 1.807) is 14.0 Å². The first-order valence-electron chi connectivity index (χ1n) is 4.79. The zero-order valence-electron chi connectivity index (χ0n) is 9.53. The van der Waals surface area contributed by atoms with Crippen molar-refractivity contribution >= 4 is 11.9 Å². The number of hydrogen-bond donors (Lipinski definition) is 0. The van der Waals surface area contributed by atoms with Crippen molar-refractivity contribution in [2.45, 2.75) is 33.2 Å². The fraction of sp³-hybridized carbons (Fsp3) is 0.800. The van der Waals surface area contributed by atoms with Gasteiger partial charge in [-0.1, -0.05) is 20.8 Å². The van der Waals surface area contributed by atoms with Crippen molar-refractivity contribution in [1.29, 1.82) is 0 Å². The molecule has 0 unspecified atom stereocenters. The summed E-state index contributed by atoms with van der Waals surface area (Å²) >= 11 is 0. The number of nitrogens with zero attached hydrogens (tertiary/aromatic N) is 1. The van der Waals surface area contributed by atoms with Gasteiger partial charge >= 0.3 is 5.97 Å². The number of carbonyl (C=O) groups excluding carboxylic acids is 2. The van der Waals surface area contributed by atoms with E-state index in [9.17, 15) is 9.59 Å². The molecule has 4 heteroatoms. The second-order valence-corrected chi connectivity index (χ2v) is 3.57. The van der Waals surface area contributed by atoms with Crippen LogP contribution in [0.15, 0.2) is 0 Å².